The first kappa shape index (κ1) is 16.0. The number of carbonyl (C=O) groups is 3. The first-order valence-corrected chi connectivity index (χ1v) is 9.92. The van der Waals surface area contributed by atoms with Gasteiger partial charge in [0.25, 0.3) is 11.8 Å². The molecule has 5 nitrogen and oxygen atoms in total. The molecule has 3 amide bonds. The second kappa shape index (κ2) is 5.31. The molecule has 5 heteroatoms. The van der Waals surface area contributed by atoms with Crippen molar-refractivity contribution in [1.82, 2.24) is 10.4 Å². The van der Waals surface area contributed by atoms with E-state index in [0.717, 1.165) is 34.2 Å². The van der Waals surface area contributed by atoms with E-state index in [0.29, 0.717) is 0 Å². The van der Waals surface area contributed by atoms with Gasteiger partial charge >= 0.3 is 0 Å². The van der Waals surface area contributed by atoms with Gasteiger partial charge in [0.05, 0.1) is 18.3 Å². The molecule has 1 saturated heterocycles. The molecule has 28 heavy (non-hydrogen) atoms. The number of hydrogen-bond acceptors (Lipinski definition) is 3. The molecule has 140 valence electrons. The van der Waals surface area contributed by atoms with Gasteiger partial charge in [0.1, 0.15) is 0 Å². The van der Waals surface area contributed by atoms with Crippen molar-refractivity contribution >= 4 is 28.5 Å². The summed E-state index contributed by atoms with van der Waals surface area (Å²) in [6.07, 6.45) is 6.60. The molecular weight excluding hydrogens is 352 g/mol. The van der Waals surface area contributed by atoms with Crippen molar-refractivity contribution in [3.05, 3.63) is 60.2 Å². The van der Waals surface area contributed by atoms with Crippen molar-refractivity contribution in [1.29, 1.82) is 0 Å². The van der Waals surface area contributed by atoms with E-state index >= 15 is 0 Å². The summed E-state index contributed by atoms with van der Waals surface area (Å²) < 4.78 is 0. The Balaban J connectivity index is 1.23. The van der Waals surface area contributed by atoms with Crippen LogP contribution in [-0.4, -0.2) is 22.7 Å². The normalized spacial score (nSPS) is 31.1. The Morgan fingerprint density at radius 2 is 1.61 bits per heavy atom. The summed E-state index contributed by atoms with van der Waals surface area (Å²) in [7, 11) is 0. The van der Waals surface area contributed by atoms with Gasteiger partial charge in [-0.2, -0.15) is 5.01 Å². The highest BCUT2D eigenvalue weighted by Crippen LogP contribution is 2.73. The molecule has 2 aromatic carbocycles. The van der Waals surface area contributed by atoms with Gasteiger partial charge in [-0.15, -0.1) is 0 Å². The monoisotopic (exact) mass is 372 g/mol. The van der Waals surface area contributed by atoms with Gasteiger partial charge in [0.2, 0.25) is 5.91 Å². The highest BCUT2D eigenvalue weighted by molar-refractivity contribution is 6.08. The Bertz CT molecular complexity index is 1040. The summed E-state index contributed by atoms with van der Waals surface area (Å²) in [4.78, 5) is 38.6. The van der Waals surface area contributed by atoms with E-state index in [2.05, 4.69) is 17.6 Å². The zero-order chi connectivity index (χ0) is 19.0. The molecule has 2 aromatic rings. The molecule has 0 unspecified atom stereocenters. The fourth-order valence-corrected chi connectivity index (χ4v) is 5.97. The van der Waals surface area contributed by atoms with Crippen LogP contribution in [0.3, 0.4) is 0 Å². The molecule has 0 radical (unpaired) electrons. The van der Waals surface area contributed by atoms with Crippen LogP contribution >= 0.6 is 0 Å². The lowest BCUT2D eigenvalue weighted by molar-refractivity contribution is -0.150. The molecule has 1 N–H and O–H groups in total. The SMILES string of the molecule is O=C(Cc1cccc2ccccc12)NN1C(=O)[C@@H]2[C@H](C1=O)[C@H]1C=C[C@H]2C12CC2. The molecule has 3 fully saturated rings. The van der Waals surface area contributed by atoms with E-state index < -0.39 is 0 Å². The van der Waals surface area contributed by atoms with Crippen molar-refractivity contribution in [3.8, 4) is 0 Å². The predicted molar refractivity (Wildman–Crippen MR) is 102 cm³/mol. The van der Waals surface area contributed by atoms with Crippen LogP contribution < -0.4 is 5.43 Å². The summed E-state index contributed by atoms with van der Waals surface area (Å²) in [5.74, 6) is -1.04. The van der Waals surface area contributed by atoms with Gasteiger partial charge in [-0.1, -0.05) is 54.6 Å². The van der Waals surface area contributed by atoms with Gasteiger partial charge in [0, 0.05) is 0 Å². The fourth-order valence-electron chi connectivity index (χ4n) is 5.97. The van der Waals surface area contributed by atoms with E-state index in [1.165, 1.54) is 0 Å². The lowest BCUT2D eigenvalue weighted by Gasteiger charge is -2.22. The zero-order valence-electron chi connectivity index (χ0n) is 15.3. The van der Waals surface area contributed by atoms with Crippen LogP contribution in [-0.2, 0) is 20.8 Å². The summed E-state index contributed by atoms with van der Waals surface area (Å²) in [5, 5.41) is 3.08. The average molecular weight is 372 g/mol. The minimum Gasteiger partial charge on any atom is -0.273 e. The summed E-state index contributed by atoms with van der Waals surface area (Å²) in [6.45, 7) is 0. The number of benzene rings is 2. The molecule has 4 atom stereocenters. The summed E-state index contributed by atoms with van der Waals surface area (Å²) in [6, 6.07) is 13.7. The second-order valence-corrected chi connectivity index (χ2v) is 8.58. The van der Waals surface area contributed by atoms with Crippen LogP contribution in [0.15, 0.2) is 54.6 Å². The van der Waals surface area contributed by atoms with E-state index in [-0.39, 0.29) is 53.2 Å². The zero-order valence-corrected chi connectivity index (χ0v) is 15.3. The van der Waals surface area contributed by atoms with E-state index in [9.17, 15) is 14.4 Å². The Labute approximate surface area is 162 Å². The van der Waals surface area contributed by atoms with Crippen LogP contribution in [0.4, 0.5) is 0 Å². The number of nitrogens with zero attached hydrogens (tertiary/aromatic N) is 1. The number of rotatable bonds is 3. The Kier molecular flexibility index (Phi) is 3.04. The predicted octanol–water partition coefficient (Wildman–Crippen LogP) is 2.61. The van der Waals surface area contributed by atoms with E-state index in [1.807, 2.05) is 42.5 Å². The Morgan fingerprint density at radius 1 is 0.964 bits per heavy atom. The molecule has 1 spiro atoms. The summed E-state index contributed by atoms with van der Waals surface area (Å²) >= 11 is 0. The number of carbonyl (C=O) groups excluding carboxylic acids is 3. The highest BCUT2D eigenvalue weighted by atomic mass is 16.2. The molecule has 3 aliphatic carbocycles. The minimum absolute atomic E-state index is 0.128. The molecule has 6 rings (SSSR count). The Morgan fingerprint density at radius 3 is 2.29 bits per heavy atom. The van der Waals surface area contributed by atoms with E-state index in [1.54, 1.807) is 0 Å². The van der Waals surface area contributed by atoms with Gasteiger partial charge in [-0.25, -0.2) is 0 Å². The van der Waals surface area contributed by atoms with Gasteiger partial charge in [-0.3, -0.25) is 19.8 Å². The van der Waals surface area contributed by atoms with Crippen molar-refractivity contribution in [3.63, 3.8) is 0 Å². The molecular formula is C23H20N2O3. The molecule has 0 aromatic heterocycles. The van der Waals surface area contributed by atoms with Gasteiger partial charge in [-0.05, 0) is 46.4 Å². The number of hydrogen-bond donors (Lipinski definition) is 1. The maximum Gasteiger partial charge on any atom is 0.252 e. The number of amides is 3. The first-order chi connectivity index (χ1) is 13.6. The topological polar surface area (TPSA) is 66.5 Å². The smallest absolute Gasteiger partial charge is 0.252 e. The number of hydrazine groups is 1. The van der Waals surface area contributed by atoms with Crippen molar-refractivity contribution in [2.24, 2.45) is 29.1 Å². The molecule has 2 saturated carbocycles. The lowest BCUT2D eigenvalue weighted by Crippen LogP contribution is -2.48. The molecule has 1 aliphatic heterocycles. The molecule has 2 bridgehead atoms. The quantitative estimate of drug-likeness (QED) is 0.665. The average Bonchev–Trinajstić information content (AvgIpc) is 3.31. The highest BCUT2D eigenvalue weighted by Gasteiger charge is 2.73. The molecule has 4 aliphatic rings. The van der Waals surface area contributed by atoms with Crippen LogP contribution in [0, 0.1) is 29.1 Å². The minimum atomic E-state index is -0.334. The summed E-state index contributed by atoms with van der Waals surface area (Å²) in [5.41, 5.74) is 3.65. The van der Waals surface area contributed by atoms with Crippen LogP contribution in [0.25, 0.3) is 10.8 Å². The third kappa shape index (κ3) is 1.94. The van der Waals surface area contributed by atoms with Crippen molar-refractivity contribution in [2.75, 3.05) is 0 Å². The Hall–Kier alpha value is -2.95. The maximum absolute atomic E-state index is 13.0. The van der Waals surface area contributed by atoms with Crippen molar-refractivity contribution < 1.29 is 14.4 Å². The van der Waals surface area contributed by atoms with Crippen molar-refractivity contribution in [2.45, 2.75) is 19.3 Å². The fraction of sp³-hybridized carbons (Fsp3) is 0.348. The maximum atomic E-state index is 13.0. The third-order valence-electron chi connectivity index (χ3n) is 7.32. The number of allylic oxidation sites excluding steroid dienone is 2. The lowest BCUT2D eigenvalue weighted by atomic mass is 9.85. The van der Waals surface area contributed by atoms with Crippen LogP contribution in [0.2, 0.25) is 0 Å². The molecule has 1 heterocycles. The number of imide groups is 1. The number of fused-ring (bicyclic) bond motifs is 4. The van der Waals surface area contributed by atoms with Gasteiger partial charge < -0.3 is 0 Å². The first-order valence-electron chi connectivity index (χ1n) is 9.92. The van der Waals surface area contributed by atoms with Crippen LogP contribution in [0.5, 0.6) is 0 Å². The van der Waals surface area contributed by atoms with Gasteiger partial charge in [0.15, 0.2) is 0 Å². The third-order valence-corrected chi connectivity index (χ3v) is 7.32. The van der Waals surface area contributed by atoms with Crippen LogP contribution in [0.1, 0.15) is 18.4 Å². The van der Waals surface area contributed by atoms with E-state index in [4.69, 9.17) is 0 Å². The number of nitrogens with one attached hydrogen (secondary N) is 1. The largest absolute Gasteiger partial charge is 0.273 e. The standard InChI is InChI=1S/C23H20N2O3/c26-18(12-14-6-3-5-13-4-1-2-7-15(13)14)24-25-21(27)19-16-8-9-17(20(19)22(25)28)23(16)10-11-23/h1-9,16-17,19-20H,10-12H2,(H,24,26)/t16-,17-,19-,20+/m1/s1. The second-order valence-electron chi connectivity index (χ2n) is 8.58.